The van der Waals surface area contributed by atoms with Gasteiger partial charge in [0, 0.05) is 17.5 Å². The number of rotatable bonds is 2. The lowest BCUT2D eigenvalue weighted by Gasteiger charge is -2.09. The lowest BCUT2D eigenvalue weighted by Crippen LogP contribution is -2.21. The Balaban J connectivity index is 1.88. The molecule has 5 rings (SSSR count). The van der Waals surface area contributed by atoms with E-state index in [1.54, 1.807) is 27.5 Å². The first-order valence-corrected chi connectivity index (χ1v) is 9.47. The fourth-order valence-corrected chi connectivity index (χ4v) is 3.83. The van der Waals surface area contributed by atoms with Crippen molar-refractivity contribution in [1.82, 2.24) is 14.1 Å². The van der Waals surface area contributed by atoms with Crippen molar-refractivity contribution in [3.63, 3.8) is 0 Å². The minimum Gasteiger partial charge on any atom is -0.312 e. The molecule has 2 heterocycles. The number of hydrogen-bond acceptors (Lipinski definition) is 2. The minimum atomic E-state index is -0.341. The van der Waals surface area contributed by atoms with Gasteiger partial charge in [0.2, 0.25) is 5.62 Å². The average Bonchev–Trinajstić information content (AvgIpc) is 2.99. The molecule has 29 heavy (non-hydrogen) atoms. The van der Waals surface area contributed by atoms with E-state index in [-0.39, 0.29) is 11.4 Å². The summed E-state index contributed by atoms with van der Waals surface area (Å²) in [6.07, 6.45) is 1.76. The highest BCUT2D eigenvalue weighted by Crippen LogP contribution is 2.30. The van der Waals surface area contributed by atoms with Crippen molar-refractivity contribution in [3.05, 3.63) is 89.4 Å². The van der Waals surface area contributed by atoms with Gasteiger partial charge in [-0.1, -0.05) is 35.9 Å². The second-order valence-electron chi connectivity index (χ2n) is 6.93. The van der Waals surface area contributed by atoms with Crippen LogP contribution in [-0.2, 0) is 7.05 Å². The zero-order valence-electron chi connectivity index (χ0n) is 15.5. The van der Waals surface area contributed by atoms with Gasteiger partial charge < -0.3 is 4.57 Å². The van der Waals surface area contributed by atoms with Crippen LogP contribution in [0.3, 0.4) is 0 Å². The molecule has 2 aromatic heterocycles. The number of imidazole rings is 1. The van der Waals surface area contributed by atoms with Crippen molar-refractivity contribution < 1.29 is 4.39 Å². The van der Waals surface area contributed by atoms with Gasteiger partial charge in [0.1, 0.15) is 5.82 Å². The first-order chi connectivity index (χ1) is 14.0. The van der Waals surface area contributed by atoms with Crippen LogP contribution >= 0.6 is 11.6 Å². The molecule has 0 atom stereocenters. The molecule has 4 nitrogen and oxygen atoms in total. The molecule has 0 aliphatic carbocycles. The molecule has 0 fully saturated rings. The van der Waals surface area contributed by atoms with Crippen LogP contribution in [0.25, 0.3) is 38.8 Å². The van der Waals surface area contributed by atoms with Gasteiger partial charge in [-0.15, -0.1) is 0 Å². The molecule has 6 heteroatoms. The molecule has 0 aliphatic rings. The fraction of sp³-hybridized carbons (Fsp3) is 0.0435. The fourth-order valence-electron chi connectivity index (χ4n) is 3.71. The number of benzene rings is 3. The zero-order valence-corrected chi connectivity index (χ0v) is 16.3. The number of aryl methyl sites for hydroxylation is 1. The Bertz CT molecular complexity index is 1450. The summed E-state index contributed by atoms with van der Waals surface area (Å²) in [6.45, 7) is 0. The average molecular weight is 403 g/mol. The van der Waals surface area contributed by atoms with Crippen LogP contribution in [0.15, 0.2) is 72.9 Å². The molecule has 0 bridgehead atoms. The Kier molecular flexibility index (Phi) is 4.00. The van der Waals surface area contributed by atoms with E-state index < -0.39 is 0 Å². The Morgan fingerprint density at radius 3 is 2.48 bits per heavy atom. The van der Waals surface area contributed by atoms with E-state index >= 15 is 0 Å². The summed E-state index contributed by atoms with van der Waals surface area (Å²) in [7, 11) is 1.82. The van der Waals surface area contributed by atoms with E-state index in [4.69, 9.17) is 17.0 Å². The number of nitrogens with one attached hydrogen (secondary N) is 1. The number of halogens is 2. The second kappa shape index (κ2) is 6.57. The van der Waals surface area contributed by atoms with Crippen LogP contribution in [-0.4, -0.2) is 14.1 Å². The highest BCUT2D eigenvalue weighted by atomic mass is 35.5. The topological polar surface area (TPSA) is 46.6 Å². The number of nitrogens with zero attached hydrogens (tertiary/aromatic N) is 3. The van der Waals surface area contributed by atoms with E-state index in [0.29, 0.717) is 10.7 Å². The predicted molar refractivity (Wildman–Crippen MR) is 114 cm³/mol. The number of pyridine rings is 1. The van der Waals surface area contributed by atoms with Crippen molar-refractivity contribution in [2.45, 2.75) is 0 Å². The van der Waals surface area contributed by atoms with Crippen LogP contribution in [0, 0.1) is 11.2 Å². The monoisotopic (exact) mass is 402 g/mol. The highest BCUT2D eigenvalue weighted by Gasteiger charge is 2.15. The van der Waals surface area contributed by atoms with Crippen LogP contribution < -0.4 is 5.62 Å². The van der Waals surface area contributed by atoms with Crippen LogP contribution in [0.4, 0.5) is 4.39 Å². The van der Waals surface area contributed by atoms with Crippen LogP contribution in [0.1, 0.15) is 0 Å². The lowest BCUT2D eigenvalue weighted by atomic mass is 10.0. The normalized spacial score (nSPS) is 11.4. The van der Waals surface area contributed by atoms with E-state index in [2.05, 4.69) is 11.1 Å². The maximum atomic E-state index is 13.9. The second-order valence-corrected chi connectivity index (χ2v) is 7.37. The Morgan fingerprint density at radius 2 is 1.72 bits per heavy atom. The smallest absolute Gasteiger partial charge is 0.207 e. The Morgan fingerprint density at radius 1 is 0.966 bits per heavy atom. The summed E-state index contributed by atoms with van der Waals surface area (Å²) in [5.74, 6) is -0.341. The molecule has 0 saturated heterocycles. The Hall–Kier alpha value is -3.44. The summed E-state index contributed by atoms with van der Waals surface area (Å²) in [5, 5.41) is 10.2. The van der Waals surface area contributed by atoms with E-state index in [0.717, 1.165) is 33.1 Å². The molecule has 0 saturated carbocycles. The molecular formula is C23H16ClFN4. The summed E-state index contributed by atoms with van der Waals surface area (Å²) >= 11 is 6.03. The van der Waals surface area contributed by atoms with Crippen molar-refractivity contribution in [2.75, 3.05) is 0 Å². The number of fused-ring (bicyclic) bond motifs is 3. The number of aromatic nitrogens is 3. The largest absolute Gasteiger partial charge is 0.312 e. The van der Waals surface area contributed by atoms with E-state index in [1.165, 1.54) is 12.1 Å². The van der Waals surface area contributed by atoms with Gasteiger partial charge in [0.25, 0.3) is 0 Å². The third-order valence-corrected chi connectivity index (χ3v) is 5.43. The SMILES string of the molecule is Cn1c(=N)n(-c2cccc(F)c2)c2c3cc(-c4ccc(Cl)cc4)ccc3ncc21. The van der Waals surface area contributed by atoms with Gasteiger partial charge in [0.15, 0.2) is 0 Å². The van der Waals surface area contributed by atoms with Gasteiger partial charge in [-0.3, -0.25) is 15.0 Å². The molecule has 3 aromatic carbocycles. The zero-order chi connectivity index (χ0) is 20.1. The molecule has 142 valence electrons. The molecule has 1 N–H and O–H groups in total. The summed E-state index contributed by atoms with van der Waals surface area (Å²) in [6, 6.07) is 20.0. The van der Waals surface area contributed by atoms with Gasteiger partial charge in [-0.25, -0.2) is 4.39 Å². The lowest BCUT2D eigenvalue weighted by molar-refractivity contribution is 0.626. The third kappa shape index (κ3) is 2.82. The van der Waals surface area contributed by atoms with Crippen molar-refractivity contribution in [2.24, 2.45) is 7.05 Å². The van der Waals surface area contributed by atoms with E-state index in [1.807, 2.05) is 43.4 Å². The number of hydrogen-bond donors (Lipinski definition) is 1. The van der Waals surface area contributed by atoms with E-state index in [9.17, 15) is 4.39 Å². The van der Waals surface area contributed by atoms with Crippen LogP contribution in [0.5, 0.6) is 0 Å². The first kappa shape index (κ1) is 17.6. The highest BCUT2D eigenvalue weighted by molar-refractivity contribution is 6.30. The third-order valence-electron chi connectivity index (χ3n) is 5.18. The first-order valence-electron chi connectivity index (χ1n) is 9.09. The standard InChI is InChI=1S/C23H16ClFN4/c1-28-21-13-27-20-10-7-15(14-5-8-16(24)9-6-14)11-19(20)22(21)29(23(28)26)18-4-2-3-17(25)12-18/h2-13,26H,1H3. The maximum absolute atomic E-state index is 13.9. The molecule has 0 radical (unpaired) electrons. The molecular weight excluding hydrogens is 387 g/mol. The summed E-state index contributed by atoms with van der Waals surface area (Å²) in [5.41, 5.74) is 5.34. The molecule has 0 amide bonds. The van der Waals surface area contributed by atoms with Gasteiger partial charge in [-0.2, -0.15) is 0 Å². The quantitative estimate of drug-likeness (QED) is 0.419. The van der Waals surface area contributed by atoms with Crippen molar-refractivity contribution in [3.8, 4) is 16.8 Å². The Labute approximate surface area is 170 Å². The maximum Gasteiger partial charge on any atom is 0.207 e. The van der Waals surface area contributed by atoms with Crippen molar-refractivity contribution >= 4 is 33.5 Å². The van der Waals surface area contributed by atoms with Gasteiger partial charge >= 0.3 is 0 Å². The van der Waals surface area contributed by atoms with Gasteiger partial charge in [0.05, 0.1) is 28.4 Å². The molecule has 0 spiro atoms. The molecule has 0 unspecified atom stereocenters. The predicted octanol–water partition coefficient (Wildman–Crippen LogP) is 5.46. The summed E-state index contributed by atoms with van der Waals surface area (Å²) < 4.78 is 17.4. The minimum absolute atomic E-state index is 0.247. The summed E-state index contributed by atoms with van der Waals surface area (Å²) in [4.78, 5) is 4.57. The van der Waals surface area contributed by atoms with Crippen LogP contribution in [0.2, 0.25) is 5.02 Å². The van der Waals surface area contributed by atoms with Crippen molar-refractivity contribution in [1.29, 1.82) is 5.41 Å². The molecule has 5 aromatic rings. The molecule has 0 aliphatic heterocycles. The van der Waals surface area contributed by atoms with Gasteiger partial charge in [-0.05, 0) is 53.6 Å².